The van der Waals surface area contributed by atoms with Crippen LogP contribution in [0.25, 0.3) is 4.85 Å². The number of rotatable bonds is 2. The van der Waals surface area contributed by atoms with Gasteiger partial charge in [0.1, 0.15) is 5.41 Å². The Morgan fingerprint density at radius 2 is 2.23 bits per heavy atom. The third kappa shape index (κ3) is 1.98. The van der Waals surface area contributed by atoms with Crippen molar-refractivity contribution < 1.29 is 13.6 Å². The average molecular weight is 306 g/mol. The number of hydrogen-bond acceptors (Lipinski definition) is 3. The summed E-state index contributed by atoms with van der Waals surface area (Å²) in [5, 5.41) is 3.12. The van der Waals surface area contributed by atoms with E-state index < -0.39 is 17.2 Å². The van der Waals surface area contributed by atoms with Gasteiger partial charge in [0.25, 0.3) is 11.8 Å². The van der Waals surface area contributed by atoms with Crippen molar-refractivity contribution in [2.75, 3.05) is 13.1 Å². The van der Waals surface area contributed by atoms with E-state index in [4.69, 9.17) is 6.57 Å². The summed E-state index contributed by atoms with van der Waals surface area (Å²) < 4.78 is 27.8. The van der Waals surface area contributed by atoms with E-state index in [0.717, 1.165) is 6.92 Å². The second-order valence-corrected chi connectivity index (χ2v) is 6.15. The first kappa shape index (κ1) is 14.9. The summed E-state index contributed by atoms with van der Waals surface area (Å²) in [7, 11) is 0. The Balaban J connectivity index is 1.95. The first-order valence-electron chi connectivity index (χ1n) is 7.07. The first-order chi connectivity index (χ1) is 10.3. The van der Waals surface area contributed by atoms with Crippen molar-refractivity contribution in [2.24, 2.45) is 5.41 Å². The molecule has 0 aromatic carbocycles. The van der Waals surface area contributed by atoms with Crippen LogP contribution >= 0.6 is 0 Å². The average Bonchev–Trinajstić information content (AvgIpc) is 2.98. The highest BCUT2D eigenvalue weighted by atomic mass is 19.3. The molecular formula is C15H16F2N4O. The molecule has 5 nitrogen and oxygen atoms in total. The van der Waals surface area contributed by atoms with Crippen LogP contribution in [0.5, 0.6) is 0 Å². The summed E-state index contributed by atoms with van der Waals surface area (Å²) in [5.74, 6) is -3.65. The topological polar surface area (TPSA) is 40.8 Å². The molecule has 0 aliphatic carbocycles. The van der Waals surface area contributed by atoms with Crippen molar-refractivity contribution >= 4 is 11.6 Å². The van der Waals surface area contributed by atoms with Gasteiger partial charge < -0.3 is 0 Å². The van der Waals surface area contributed by atoms with Gasteiger partial charge in [-0.3, -0.25) is 14.8 Å². The van der Waals surface area contributed by atoms with Gasteiger partial charge in [-0.15, -0.1) is 0 Å². The summed E-state index contributed by atoms with van der Waals surface area (Å²) in [5.41, 5.74) is -0.615. The third-order valence-corrected chi connectivity index (χ3v) is 4.67. The molecule has 0 bridgehead atoms. The van der Waals surface area contributed by atoms with E-state index in [1.54, 1.807) is 17.3 Å². The number of aromatic nitrogens is 1. The van der Waals surface area contributed by atoms with Gasteiger partial charge in [-0.1, -0.05) is 0 Å². The second-order valence-electron chi connectivity index (χ2n) is 6.15. The number of hydrazine groups is 1. The molecule has 3 heterocycles. The van der Waals surface area contributed by atoms with Gasteiger partial charge in [0.2, 0.25) is 5.69 Å². The maximum atomic E-state index is 13.9. The molecule has 0 spiro atoms. The molecule has 1 aromatic heterocycles. The number of alkyl halides is 2. The summed E-state index contributed by atoms with van der Waals surface area (Å²) in [6, 6.07) is 1.34. The highest BCUT2D eigenvalue weighted by Gasteiger charge is 2.62. The van der Waals surface area contributed by atoms with Crippen LogP contribution in [-0.2, 0) is 4.79 Å². The van der Waals surface area contributed by atoms with Crippen LogP contribution in [0.4, 0.5) is 14.5 Å². The molecule has 7 heteroatoms. The lowest BCUT2D eigenvalue weighted by atomic mass is 9.83. The molecule has 0 saturated carbocycles. The third-order valence-electron chi connectivity index (χ3n) is 4.67. The zero-order chi connectivity index (χ0) is 16.1. The first-order valence-corrected chi connectivity index (χ1v) is 7.07. The van der Waals surface area contributed by atoms with E-state index in [1.807, 2.05) is 0 Å². The largest absolute Gasteiger partial charge is 0.276 e. The normalized spacial score (nSPS) is 28.8. The second kappa shape index (κ2) is 4.71. The number of amides is 1. The Bertz CT molecular complexity index is 666. The Morgan fingerprint density at radius 3 is 2.86 bits per heavy atom. The Morgan fingerprint density at radius 1 is 1.50 bits per heavy atom. The van der Waals surface area contributed by atoms with Crippen molar-refractivity contribution in [3.8, 4) is 0 Å². The van der Waals surface area contributed by atoms with E-state index in [1.165, 1.54) is 18.1 Å². The highest BCUT2D eigenvalue weighted by molar-refractivity contribution is 5.86. The molecule has 2 fully saturated rings. The molecule has 0 radical (unpaired) electrons. The van der Waals surface area contributed by atoms with Gasteiger partial charge in [0.05, 0.1) is 12.6 Å². The summed E-state index contributed by atoms with van der Waals surface area (Å²) in [4.78, 5) is 19.9. The van der Waals surface area contributed by atoms with Crippen LogP contribution in [0.3, 0.4) is 0 Å². The van der Waals surface area contributed by atoms with Crippen molar-refractivity contribution in [3.63, 3.8) is 0 Å². The molecule has 1 aromatic rings. The van der Waals surface area contributed by atoms with Crippen molar-refractivity contribution in [1.82, 2.24) is 15.0 Å². The molecule has 2 atom stereocenters. The molecule has 22 heavy (non-hydrogen) atoms. The zero-order valence-electron chi connectivity index (χ0n) is 12.4. The van der Waals surface area contributed by atoms with Gasteiger partial charge >= 0.3 is 0 Å². The van der Waals surface area contributed by atoms with E-state index in [-0.39, 0.29) is 12.6 Å². The minimum absolute atomic E-state index is 0.0156. The van der Waals surface area contributed by atoms with Crippen LogP contribution in [-0.4, -0.2) is 39.9 Å². The SMILES string of the molecule is [C-]#[N+]c1cncc(C2CCN3CC(C)(C(C)(F)F)C(=O)N23)c1. The number of carbonyl (C=O) groups excluding carboxylic acids is 1. The predicted molar refractivity (Wildman–Crippen MR) is 75.0 cm³/mol. The number of fused-ring (bicyclic) bond motifs is 1. The molecule has 116 valence electrons. The fourth-order valence-corrected chi connectivity index (χ4v) is 3.13. The van der Waals surface area contributed by atoms with Crippen LogP contribution in [0, 0.1) is 12.0 Å². The number of carbonyl (C=O) groups is 1. The van der Waals surface area contributed by atoms with E-state index >= 15 is 0 Å². The summed E-state index contributed by atoms with van der Waals surface area (Å²) >= 11 is 0. The predicted octanol–water partition coefficient (Wildman–Crippen LogP) is 2.80. The lowest BCUT2D eigenvalue weighted by Crippen LogP contribution is -2.45. The number of pyridine rings is 1. The van der Waals surface area contributed by atoms with Gasteiger partial charge in [0, 0.05) is 32.4 Å². The Hall–Kier alpha value is -2.07. The van der Waals surface area contributed by atoms with Crippen LogP contribution in [0.2, 0.25) is 0 Å². The van der Waals surface area contributed by atoms with Crippen molar-refractivity contribution in [2.45, 2.75) is 32.2 Å². The molecule has 0 N–H and O–H groups in total. The maximum Gasteiger partial charge on any atom is 0.260 e. The van der Waals surface area contributed by atoms with Gasteiger partial charge in [-0.2, -0.15) is 0 Å². The molecule has 2 aliphatic rings. The molecule has 2 saturated heterocycles. The quantitative estimate of drug-likeness (QED) is 0.789. The standard InChI is InChI=1S/C15H16F2N4O/c1-14(15(2,16)17)9-20-5-4-12(21(20)13(14)22)10-6-11(18-3)8-19-7-10/h6-8,12H,4-5,9H2,1-2H3. The molecule has 3 rings (SSSR count). The van der Waals surface area contributed by atoms with Gasteiger partial charge in [-0.25, -0.2) is 18.6 Å². The van der Waals surface area contributed by atoms with E-state index in [2.05, 4.69) is 9.83 Å². The lowest BCUT2D eigenvalue weighted by Gasteiger charge is -2.30. The van der Waals surface area contributed by atoms with Crippen molar-refractivity contribution in [1.29, 1.82) is 0 Å². The Labute approximate surface area is 127 Å². The monoisotopic (exact) mass is 306 g/mol. The van der Waals surface area contributed by atoms with Crippen LogP contribution < -0.4 is 0 Å². The number of nitrogens with zero attached hydrogens (tertiary/aromatic N) is 4. The Kier molecular flexibility index (Phi) is 3.18. The number of halogens is 2. The minimum Gasteiger partial charge on any atom is -0.276 e. The van der Waals surface area contributed by atoms with Gasteiger partial charge in [-0.05, 0) is 25.0 Å². The van der Waals surface area contributed by atoms with Crippen LogP contribution in [0.15, 0.2) is 18.5 Å². The molecule has 1 amide bonds. The zero-order valence-corrected chi connectivity index (χ0v) is 12.4. The van der Waals surface area contributed by atoms with Crippen molar-refractivity contribution in [3.05, 3.63) is 35.4 Å². The van der Waals surface area contributed by atoms with Gasteiger partial charge in [0.15, 0.2) is 0 Å². The minimum atomic E-state index is -3.09. The fourth-order valence-electron chi connectivity index (χ4n) is 3.13. The molecule has 2 unspecified atom stereocenters. The van der Waals surface area contributed by atoms with E-state index in [9.17, 15) is 13.6 Å². The number of hydrogen-bond donors (Lipinski definition) is 0. The molecule has 2 aliphatic heterocycles. The van der Waals surface area contributed by atoms with Crippen LogP contribution in [0.1, 0.15) is 31.9 Å². The summed E-state index contributed by atoms with van der Waals surface area (Å²) in [6.45, 7) is 9.71. The smallest absolute Gasteiger partial charge is 0.260 e. The summed E-state index contributed by atoms with van der Waals surface area (Å²) in [6.07, 6.45) is 3.69. The maximum absolute atomic E-state index is 13.9. The molecular weight excluding hydrogens is 290 g/mol. The highest BCUT2D eigenvalue weighted by Crippen LogP contribution is 2.48. The fraction of sp³-hybridized carbons (Fsp3) is 0.533. The lowest BCUT2D eigenvalue weighted by molar-refractivity contribution is -0.156. The van der Waals surface area contributed by atoms with E-state index in [0.29, 0.717) is 24.2 Å².